The van der Waals surface area contributed by atoms with Crippen molar-refractivity contribution < 1.29 is 19.2 Å². The molecule has 0 unspecified atom stereocenters. The van der Waals surface area contributed by atoms with Crippen LogP contribution in [0.3, 0.4) is 0 Å². The highest BCUT2D eigenvalue weighted by Crippen LogP contribution is 2.31. The maximum absolute atomic E-state index is 11.7. The fourth-order valence-corrected chi connectivity index (χ4v) is 1.90. The number of nitro groups is 1. The van der Waals surface area contributed by atoms with E-state index in [2.05, 4.69) is 10.1 Å². The van der Waals surface area contributed by atoms with Gasteiger partial charge in [-0.1, -0.05) is 12.1 Å². The van der Waals surface area contributed by atoms with Crippen LogP contribution in [0.5, 0.6) is 11.5 Å². The van der Waals surface area contributed by atoms with E-state index in [1.807, 2.05) is 12.1 Å². The number of rotatable bonds is 5. The van der Waals surface area contributed by atoms with Crippen LogP contribution in [0.4, 0.5) is 11.4 Å². The largest absolute Gasteiger partial charge is 0.465 e. The second kappa shape index (κ2) is 6.57. The molecule has 2 aromatic rings. The summed E-state index contributed by atoms with van der Waals surface area (Å²) in [6.45, 7) is 0. The van der Waals surface area contributed by atoms with Gasteiger partial charge in [0.2, 0.25) is 0 Å². The zero-order valence-electron chi connectivity index (χ0n) is 12.0. The Hall–Kier alpha value is -3.09. The van der Waals surface area contributed by atoms with Gasteiger partial charge in [0.15, 0.2) is 0 Å². The van der Waals surface area contributed by atoms with Crippen molar-refractivity contribution in [1.82, 2.24) is 0 Å². The number of ether oxygens (including phenoxy) is 2. The van der Waals surface area contributed by atoms with E-state index in [0.717, 1.165) is 12.8 Å². The first kappa shape index (κ1) is 15.3. The third-order valence-electron chi connectivity index (χ3n) is 2.95. The lowest BCUT2D eigenvalue weighted by molar-refractivity contribution is -0.385. The number of nitrogens with one attached hydrogen (secondary N) is 1. The standard InChI is InChI=1S/C15H14N2O5/c1-16-12-5-3-4-6-14(12)22-10-7-8-13(17(19)20)11(9-10)15(18)21-2/h3-9,16H,1-2H3. The molecule has 22 heavy (non-hydrogen) atoms. The molecule has 0 spiro atoms. The Morgan fingerprint density at radius 2 is 1.95 bits per heavy atom. The quantitative estimate of drug-likeness (QED) is 0.518. The van der Waals surface area contributed by atoms with E-state index in [-0.39, 0.29) is 11.3 Å². The summed E-state index contributed by atoms with van der Waals surface area (Å²) in [6, 6.07) is 11.1. The molecule has 0 aromatic heterocycles. The molecule has 0 amide bonds. The van der Waals surface area contributed by atoms with Crippen LogP contribution in [0.1, 0.15) is 10.4 Å². The Morgan fingerprint density at radius 1 is 1.23 bits per heavy atom. The minimum Gasteiger partial charge on any atom is -0.465 e. The summed E-state index contributed by atoms with van der Waals surface area (Å²) >= 11 is 0. The number of carbonyl (C=O) groups is 1. The lowest BCUT2D eigenvalue weighted by Crippen LogP contribution is -2.06. The van der Waals surface area contributed by atoms with Crippen molar-refractivity contribution in [2.24, 2.45) is 0 Å². The fourth-order valence-electron chi connectivity index (χ4n) is 1.90. The van der Waals surface area contributed by atoms with E-state index in [1.165, 1.54) is 18.2 Å². The number of para-hydroxylation sites is 2. The summed E-state index contributed by atoms with van der Waals surface area (Å²) in [7, 11) is 2.91. The van der Waals surface area contributed by atoms with Crippen molar-refractivity contribution in [3.05, 3.63) is 58.1 Å². The topological polar surface area (TPSA) is 90.7 Å². The Kier molecular flexibility index (Phi) is 4.57. The normalized spacial score (nSPS) is 9.91. The molecule has 2 rings (SSSR count). The Bertz CT molecular complexity index is 715. The molecule has 0 saturated carbocycles. The van der Waals surface area contributed by atoms with Crippen LogP contribution in [0.15, 0.2) is 42.5 Å². The molecular weight excluding hydrogens is 288 g/mol. The number of carbonyl (C=O) groups excluding carboxylic acids is 1. The van der Waals surface area contributed by atoms with Crippen LogP contribution in [-0.2, 0) is 4.74 Å². The number of anilines is 1. The van der Waals surface area contributed by atoms with Gasteiger partial charge in [0, 0.05) is 19.2 Å². The first-order valence-electron chi connectivity index (χ1n) is 6.38. The minimum absolute atomic E-state index is 0.160. The van der Waals surface area contributed by atoms with Gasteiger partial charge < -0.3 is 14.8 Å². The lowest BCUT2D eigenvalue weighted by atomic mass is 10.1. The number of methoxy groups -OCH3 is 1. The van der Waals surface area contributed by atoms with Gasteiger partial charge in [0.25, 0.3) is 5.69 Å². The molecule has 0 heterocycles. The van der Waals surface area contributed by atoms with Crippen molar-refractivity contribution in [3.63, 3.8) is 0 Å². The molecule has 114 valence electrons. The second-order valence-electron chi connectivity index (χ2n) is 4.28. The summed E-state index contributed by atoms with van der Waals surface area (Å²) in [5.74, 6) is 0.0439. The second-order valence-corrected chi connectivity index (χ2v) is 4.28. The Morgan fingerprint density at radius 3 is 2.59 bits per heavy atom. The van der Waals surface area contributed by atoms with E-state index in [0.29, 0.717) is 11.5 Å². The molecule has 0 aliphatic heterocycles. The number of benzene rings is 2. The summed E-state index contributed by atoms with van der Waals surface area (Å²) < 4.78 is 10.2. The fraction of sp³-hybridized carbons (Fsp3) is 0.133. The van der Waals surface area contributed by atoms with Crippen molar-refractivity contribution in [3.8, 4) is 11.5 Å². The van der Waals surface area contributed by atoms with Crippen molar-refractivity contribution >= 4 is 17.3 Å². The highest BCUT2D eigenvalue weighted by molar-refractivity contribution is 5.94. The number of nitro benzene ring substituents is 1. The maximum Gasteiger partial charge on any atom is 0.345 e. The molecule has 0 atom stereocenters. The summed E-state index contributed by atoms with van der Waals surface area (Å²) in [6.07, 6.45) is 0. The van der Waals surface area contributed by atoms with Gasteiger partial charge in [-0.05, 0) is 18.2 Å². The highest BCUT2D eigenvalue weighted by atomic mass is 16.6. The lowest BCUT2D eigenvalue weighted by Gasteiger charge is -2.11. The first-order valence-corrected chi connectivity index (χ1v) is 6.38. The zero-order valence-corrected chi connectivity index (χ0v) is 12.0. The molecule has 1 N–H and O–H groups in total. The van der Waals surface area contributed by atoms with Crippen LogP contribution in [-0.4, -0.2) is 25.1 Å². The smallest absolute Gasteiger partial charge is 0.345 e. The van der Waals surface area contributed by atoms with Crippen LogP contribution < -0.4 is 10.1 Å². The number of esters is 1. The Labute approximate surface area is 126 Å². The zero-order chi connectivity index (χ0) is 16.1. The highest BCUT2D eigenvalue weighted by Gasteiger charge is 2.22. The van der Waals surface area contributed by atoms with Gasteiger partial charge in [0.05, 0.1) is 17.7 Å². The third-order valence-corrected chi connectivity index (χ3v) is 2.95. The predicted molar refractivity (Wildman–Crippen MR) is 80.5 cm³/mol. The molecule has 0 aliphatic rings. The molecule has 0 fully saturated rings. The molecule has 0 saturated heterocycles. The Balaban J connectivity index is 2.40. The first-order chi connectivity index (χ1) is 10.6. The third kappa shape index (κ3) is 3.14. The van der Waals surface area contributed by atoms with Gasteiger partial charge in [-0.15, -0.1) is 0 Å². The van der Waals surface area contributed by atoms with Crippen molar-refractivity contribution in [1.29, 1.82) is 0 Å². The van der Waals surface area contributed by atoms with Gasteiger partial charge in [0.1, 0.15) is 17.1 Å². The van der Waals surface area contributed by atoms with E-state index >= 15 is 0 Å². The molecule has 2 aromatic carbocycles. The van der Waals surface area contributed by atoms with E-state index in [1.54, 1.807) is 19.2 Å². The summed E-state index contributed by atoms with van der Waals surface area (Å²) in [5.41, 5.74) is 0.258. The van der Waals surface area contributed by atoms with Gasteiger partial charge >= 0.3 is 5.97 Å². The number of hydrogen-bond donors (Lipinski definition) is 1. The number of nitrogens with zero attached hydrogens (tertiary/aromatic N) is 1. The predicted octanol–water partition coefficient (Wildman–Crippen LogP) is 3.22. The minimum atomic E-state index is -0.793. The van der Waals surface area contributed by atoms with Gasteiger partial charge in [-0.2, -0.15) is 0 Å². The molecule has 0 bridgehead atoms. The van der Waals surface area contributed by atoms with Crippen LogP contribution in [0, 0.1) is 10.1 Å². The SMILES string of the molecule is CNc1ccccc1Oc1ccc([N+](=O)[O-])c(C(=O)OC)c1. The molecule has 0 radical (unpaired) electrons. The van der Waals surface area contributed by atoms with Crippen LogP contribution >= 0.6 is 0 Å². The molecule has 7 nitrogen and oxygen atoms in total. The van der Waals surface area contributed by atoms with E-state index in [4.69, 9.17) is 4.74 Å². The monoisotopic (exact) mass is 302 g/mol. The van der Waals surface area contributed by atoms with Gasteiger partial charge in [-0.25, -0.2) is 4.79 Å². The molecule has 7 heteroatoms. The van der Waals surface area contributed by atoms with Crippen molar-refractivity contribution in [2.75, 3.05) is 19.5 Å². The van der Waals surface area contributed by atoms with Crippen molar-refractivity contribution in [2.45, 2.75) is 0 Å². The summed E-state index contributed by atoms with van der Waals surface area (Å²) in [4.78, 5) is 22.0. The average molecular weight is 302 g/mol. The average Bonchev–Trinajstić information content (AvgIpc) is 2.54. The number of hydrogen-bond acceptors (Lipinski definition) is 6. The maximum atomic E-state index is 11.7. The van der Waals surface area contributed by atoms with Gasteiger partial charge in [-0.3, -0.25) is 10.1 Å². The van der Waals surface area contributed by atoms with Crippen LogP contribution in [0.25, 0.3) is 0 Å². The van der Waals surface area contributed by atoms with E-state index < -0.39 is 10.9 Å². The molecular formula is C15H14N2O5. The van der Waals surface area contributed by atoms with E-state index in [9.17, 15) is 14.9 Å². The molecule has 0 aliphatic carbocycles. The summed E-state index contributed by atoms with van der Waals surface area (Å²) in [5, 5.41) is 13.9. The van der Waals surface area contributed by atoms with Crippen LogP contribution in [0.2, 0.25) is 0 Å².